The van der Waals surface area contributed by atoms with Gasteiger partial charge in [0.15, 0.2) is 11.5 Å². The lowest BCUT2D eigenvalue weighted by atomic mass is 10.1. The molecule has 116 valence electrons. The van der Waals surface area contributed by atoms with Crippen LogP contribution in [0.5, 0.6) is 11.5 Å². The molecule has 1 N–H and O–H groups in total. The number of hydrogen-bond donors (Lipinski definition) is 1. The summed E-state index contributed by atoms with van der Waals surface area (Å²) in [6.07, 6.45) is 0. The molecule has 0 saturated carbocycles. The fraction of sp³-hybridized carbons (Fsp3) is 0.462. The first-order valence-electron chi connectivity index (χ1n) is 6.30. The fourth-order valence-electron chi connectivity index (χ4n) is 2.39. The Morgan fingerprint density at radius 2 is 1.86 bits per heavy atom. The lowest BCUT2D eigenvalue weighted by Crippen LogP contribution is -2.27. The number of methoxy groups -OCH3 is 2. The second-order valence-electron chi connectivity index (χ2n) is 4.94. The number of sulfonamides is 1. The number of anilines is 1. The van der Waals surface area contributed by atoms with Crippen LogP contribution in [0, 0.1) is 5.92 Å². The summed E-state index contributed by atoms with van der Waals surface area (Å²) in [5, 5.41) is 9.33. The van der Waals surface area contributed by atoms with E-state index in [9.17, 15) is 18.3 Å². The monoisotopic (exact) mass is 315 g/mol. The molecule has 1 atom stereocenters. The smallest absolute Gasteiger partial charge is 0.337 e. The van der Waals surface area contributed by atoms with Gasteiger partial charge in [-0.2, -0.15) is 0 Å². The van der Waals surface area contributed by atoms with Gasteiger partial charge < -0.3 is 14.6 Å². The molecule has 1 aliphatic rings. The van der Waals surface area contributed by atoms with E-state index in [0.29, 0.717) is 0 Å². The van der Waals surface area contributed by atoms with Gasteiger partial charge in [0.1, 0.15) is 0 Å². The molecular weight excluding hydrogens is 298 g/mol. The summed E-state index contributed by atoms with van der Waals surface area (Å²) >= 11 is 0. The molecule has 0 aliphatic carbocycles. The molecule has 0 bridgehead atoms. The molecule has 0 spiro atoms. The summed E-state index contributed by atoms with van der Waals surface area (Å²) < 4.78 is 35.6. The van der Waals surface area contributed by atoms with Crippen molar-refractivity contribution in [3.63, 3.8) is 0 Å². The quantitative estimate of drug-likeness (QED) is 0.897. The average Bonchev–Trinajstić information content (AvgIpc) is 2.69. The predicted molar refractivity (Wildman–Crippen MR) is 76.8 cm³/mol. The van der Waals surface area contributed by atoms with Crippen LogP contribution in [0.4, 0.5) is 5.69 Å². The molecule has 1 aliphatic heterocycles. The van der Waals surface area contributed by atoms with Gasteiger partial charge in [-0.1, -0.05) is 6.92 Å². The minimum absolute atomic E-state index is 0.000401. The third-order valence-corrected chi connectivity index (χ3v) is 5.32. The van der Waals surface area contributed by atoms with Crippen LogP contribution in [0.2, 0.25) is 0 Å². The number of aromatic carboxylic acids is 1. The zero-order valence-corrected chi connectivity index (χ0v) is 12.8. The van der Waals surface area contributed by atoms with Crippen LogP contribution in [0.25, 0.3) is 0 Å². The highest BCUT2D eigenvalue weighted by molar-refractivity contribution is 7.93. The highest BCUT2D eigenvalue weighted by Crippen LogP contribution is 2.38. The number of benzene rings is 1. The summed E-state index contributed by atoms with van der Waals surface area (Å²) in [6, 6.07) is 2.66. The van der Waals surface area contributed by atoms with E-state index >= 15 is 0 Å². The molecule has 1 heterocycles. The standard InChI is InChI=1S/C13H17NO6S/c1-8-6-14(21(17,18)7-8)10-5-12(20-3)11(19-2)4-9(10)13(15)16/h4-5,8H,6-7H2,1-3H3,(H,15,16). The van der Waals surface area contributed by atoms with Crippen LogP contribution >= 0.6 is 0 Å². The van der Waals surface area contributed by atoms with Gasteiger partial charge in [0.2, 0.25) is 10.0 Å². The van der Waals surface area contributed by atoms with E-state index in [0.717, 1.165) is 4.31 Å². The molecule has 1 aromatic rings. The van der Waals surface area contributed by atoms with Gasteiger partial charge in [-0.25, -0.2) is 13.2 Å². The van der Waals surface area contributed by atoms with Crippen LogP contribution < -0.4 is 13.8 Å². The lowest BCUT2D eigenvalue weighted by Gasteiger charge is -2.21. The van der Waals surface area contributed by atoms with Crippen molar-refractivity contribution in [1.82, 2.24) is 0 Å². The van der Waals surface area contributed by atoms with Crippen LogP contribution in [0.3, 0.4) is 0 Å². The summed E-state index contributed by atoms with van der Waals surface area (Å²) in [5.74, 6) is -0.763. The van der Waals surface area contributed by atoms with Gasteiger partial charge in [-0.3, -0.25) is 4.31 Å². The first-order valence-corrected chi connectivity index (χ1v) is 7.90. The Hall–Kier alpha value is -1.96. The summed E-state index contributed by atoms with van der Waals surface area (Å²) in [4.78, 5) is 11.4. The Labute approximate surface area is 123 Å². The SMILES string of the molecule is COc1cc(C(=O)O)c(N2CC(C)CS2(=O)=O)cc1OC. The molecule has 1 fully saturated rings. The Balaban J connectivity index is 2.64. The third-order valence-electron chi connectivity index (χ3n) is 3.31. The van der Waals surface area contributed by atoms with Crippen LogP contribution in [0.15, 0.2) is 12.1 Å². The maximum absolute atomic E-state index is 12.2. The van der Waals surface area contributed by atoms with Crippen molar-refractivity contribution in [1.29, 1.82) is 0 Å². The van der Waals surface area contributed by atoms with Gasteiger partial charge in [0.25, 0.3) is 0 Å². The number of hydrogen-bond acceptors (Lipinski definition) is 5. The molecule has 0 radical (unpaired) electrons. The number of carboxylic acids is 1. The molecule has 2 rings (SSSR count). The summed E-state index contributed by atoms with van der Waals surface area (Å²) in [5.41, 5.74) is -0.0326. The van der Waals surface area contributed by atoms with Crippen LogP contribution in [-0.2, 0) is 10.0 Å². The van der Waals surface area contributed by atoms with Crippen molar-refractivity contribution in [3.8, 4) is 11.5 Å². The number of ether oxygens (including phenoxy) is 2. The minimum Gasteiger partial charge on any atom is -0.493 e. The van der Waals surface area contributed by atoms with Crippen LogP contribution in [0.1, 0.15) is 17.3 Å². The molecule has 1 unspecified atom stereocenters. The number of carboxylic acid groups (broad SMARTS) is 1. The molecular formula is C13H17NO6S. The molecule has 21 heavy (non-hydrogen) atoms. The van der Waals surface area contributed by atoms with Crippen molar-refractivity contribution in [2.24, 2.45) is 5.92 Å². The summed E-state index contributed by atoms with van der Waals surface area (Å²) in [6.45, 7) is 2.05. The van der Waals surface area contributed by atoms with E-state index in [1.54, 1.807) is 6.92 Å². The number of rotatable bonds is 4. The largest absolute Gasteiger partial charge is 0.493 e. The van der Waals surface area contributed by atoms with Crippen LogP contribution in [-0.4, -0.2) is 46.0 Å². The van der Waals surface area contributed by atoms with E-state index in [2.05, 4.69) is 0 Å². The molecule has 1 aromatic carbocycles. The average molecular weight is 315 g/mol. The fourth-order valence-corrected chi connectivity index (χ4v) is 4.33. The maximum atomic E-state index is 12.2. The minimum atomic E-state index is -3.52. The van der Waals surface area contributed by atoms with Gasteiger partial charge in [-0.15, -0.1) is 0 Å². The van der Waals surface area contributed by atoms with Gasteiger partial charge in [0, 0.05) is 18.7 Å². The van der Waals surface area contributed by atoms with E-state index in [1.807, 2.05) is 0 Å². The molecule has 0 amide bonds. The second-order valence-corrected chi connectivity index (χ2v) is 6.88. The third kappa shape index (κ3) is 2.76. The van der Waals surface area contributed by atoms with Gasteiger partial charge in [-0.05, 0) is 5.92 Å². The van der Waals surface area contributed by atoms with Crippen molar-refractivity contribution < 1.29 is 27.8 Å². The highest BCUT2D eigenvalue weighted by Gasteiger charge is 2.36. The van der Waals surface area contributed by atoms with Gasteiger partial charge in [0.05, 0.1) is 31.2 Å². The Kier molecular flexibility index (Phi) is 3.99. The van der Waals surface area contributed by atoms with Crippen molar-refractivity contribution in [3.05, 3.63) is 17.7 Å². The zero-order valence-electron chi connectivity index (χ0n) is 12.0. The first-order chi connectivity index (χ1) is 9.80. The highest BCUT2D eigenvalue weighted by atomic mass is 32.2. The predicted octanol–water partition coefficient (Wildman–Crippen LogP) is 1.19. The second kappa shape index (κ2) is 5.44. The Bertz CT molecular complexity index is 669. The zero-order chi connectivity index (χ0) is 15.8. The van der Waals surface area contributed by atoms with Gasteiger partial charge >= 0.3 is 5.97 Å². The van der Waals surface area contributed by atoms with E-state index in [1.165, 1.54) is 26.4 Å². The van der Waals surface area contributed by atoms with E-state index in [-0.39, 0.29) is 41.0 Å². The van der Waals surface area contributed by atoms with Crippen molar-refractivity contribution in [2.75, 3.05) is 30.8 Å². The number of nitrogens with zero attached hydrogens (tertiary/aromatic N) is 1. The Morgan fingerprint density at radius 1 is 1.29 bits per heavy atom. The molecule has 1 saturated heterocycles. The van der Waals surface area contributed by atoms with Crippen molar-refractivity contribution >= 4 is 21.7 Å². The summed E-state index contributed by atoms with van der Waals surface area (Å²) in [7, 11) is -0.724. The van der Waals surface area contributed by atoms with E-state index < -0.39 is 16.0 Å². The lowest BCUT2D eigenvalue weighted by molar-refractivity contribution is 0.0697. The van der Waals surface area contributed by atoms with Crippen molar-refractivity contribution in [2.45, 2.75) is 6.92 Å². The molecule has 8 heteroatoms. The number of carbonyl (C=O) groups is 1. The topological polar surface area (TPSA) is 93.1 Å². The first kappa shape index (κ1) is 15.4. The molecule has 7 nitrogen and oxygen atoms in total. The molecule has 0 aromatic heterocycles. The maximum Gasteiger partial charge on any atom is 0.337 e. The Morgan fingerprint density at radius 3 is 2.29 bits per heavy atom. The van der Waals surface area contributed by atoms with E-state index in [4.69, 9.17) is 9.47 Å². The normalized spacial score (nSPS) is 20.3.